The number of carbonyl (C=O) groups excluding carboxylic acids is 2. The summed E-state index contributed by atoms with van der Waals surface area (Å²) in [5.41, 5.74) is 2.50. The van der Waals surface area contributed by atoms with E-state index in [4.69, 9.17) is 14.2 Å². The Morgan fingerprint density at radius 3 is 2.83 bits per heavy atom. The first-order valence-corrected chi connectivity index (χ1v) is 7.52. The number of benzene rings is 1. The molecule has 1 N–H and O–H groups in total. The number of phenolic OH excluding ortho intramolecular Hbond substituents is 1. The molecular formula is C17H17NO6. The summed E-state index contributed by atoms with van der Waals surface area (Å²) in [7, 11) is 1.48. The van der Waals surface area contributed by atoms with Crippen LogP contribution in [0.15, 0.2) is 18.3 Å². The number of hydrogen-bond donors (Lipinski definition) is 1. The number of nitrogens with zero attached hydrogens (tertiary/aromatic N) is 1. The standard InChI is InChI=1S/C17H17NO6/c1-3-23-17(21)24-15-8-18-5-4-10-6-14(22-2)13(20)7-11(10)16(18)12(15)9-19/h6-9,20H,3-5H2,1-2H3. The van der Waals surface area contributed by atoms with E-state index in [1.807, 2.05) is 4.57 Å². The minimum absolute atomic E-state index is 0.0180. The number of aldehydes is 1. The van der Waals surface area contributed by atoms with E-state index in [-0.39, 0.29) is 23.7 Å². The maximum atomic E-state index is 11.6. The van der Waals surface area contributed by atoms with E-state index in [1.54, 1.807) is 25.3 Å². The van der Waals surface area contributed by atoms with Crippen molar-refractivity contribution in [1.29, 1.82) is 0 Å². The molecule has 7 nitrogen and oxygen atoms in total. The van der Waals surface area contributed by atoms with Crippen LogP contribution in [0.3, 0.4) is 0 Å². The molecule has 0 saturated heterocycles. The van der Waals surface area contributed by atoms with Gasteiger partial charge in [0.15, 0.2) is 23.5 Å². The lowest BCUT2D eigenvalue weighted by Gasteiger charge is -2.21. The Balaban J connectivity index is 2.09. The molecule has 0 unspecified atom stereocenters. The van der Waals surface area contributed by atoms with Gasteiger partial charge in [0.25, 0.3) is 0 Å². The molecule has 1 aromatic carbocycles. The van der Waals surface area contributed by atoms with Gasteiger partial charge in [-0.2, -0.15) is 0 Å². The molecule has 0 spiro atoms. The number of carbonyl (C=O) groups is 2. The van der Waals surface area contributed by atoms with E-state index < -0.39 is 6.16 Å². The molecule has 0 atom stereocenters. The summed E-state index contributed by atoms with van der Waals surface area (Å²) in [5.74, 6) is 0.502. The zero-order chi connectivity index (χ0) is 17.3. The zero-order valence-corrected chi connectivity index (χ0v) is 13.4. The van der Waals surface area contributed by atoms with Crippen LogP contribution in [-0.4, -0.2) is 35.8 Å². The predicted octanol–water partition coefficient (Wildman–Crippen LogP) is 2.77. The largest absolute Gasteiger partial charge is 0.513 e. The average Bonchev–Trinajstić information content (AvgIpc) is 2.91. The van der Waals surface area contributed by atoms with Crippen LogP contribution in [0.1, 0.15) is 22.8 Å². The van der Waals surface area contributed by atoms with Crippen molar-refractivity contribution in [3.05, 3.63) is 29.5 Å². The molecule has 0 bridgehead atoms. The third-order valence-corrected chi connectivity index (χ3v) is 3.94. The summed E-state index contributed by atoms with van der Waals surface area (Å²) >= 11 is 0. The molecule has 126 valence electrons. The molecule has 1 aliphatic heterocycles. The van der Waals surface area contributed by atoms with Gasteiger partial charge in [0, 0.05) is 18.3 Å². The van der Waals surface area contributed by atoms with Crippen molar-refractivity contribution in [2.75, 3.05) is 13.7 Å². The molecule has 2 heterocycles. The fourth-order valence-corrected chi connectivity index (χ4v) is 2.90. The SMILES string of the molecule is CCOC(=O)Oc1cn2c(c1C=O)-c1cc(O)c(OC)cc1CC2. The van der Waals surface area contributed by atoms with E-state index >= 15 is 0 Å². The van der Waals surface area contributed by atoms with Crippen LogP contribution >= 0.6 is 0 Å². The van der Waals surface area contributed by atoms with Crippen molar-refractivity contribution < 1.29 is 28.9 Å². The Hall–Kier alpha value is -2.96. The number of methoxy groups -OCH3 is 1. The Labute approximate surface area is 138 Å². The fourth-order valence-electron chi connectivity index (χ4n) is 2.90. The van der Waals surface area contributed by atoms with Crippen LogP contribution in [-0.2, 0) is 17.7 Å². The predicted molar refractivity (Wildman–Crippen MR) is 84.8 cm³/mol. The van der Waals surface area contributed by atoms with E-state index in [1.165, 1.54) is 7.11 Å². The first-order chi connectivity index (χ1) is 11.6. The summed E-state index contributed by atoms with van der Waals surface area (Å²) in [6.45, 7) is 2.46. The van der Waals surface area contributed by atoms with Crippen molar-refractivity contribution in [3.63, 3.8) is 0 Å². The van der Waals surface area contributed by atoms with Gasteiger partial charge in [-0.15, -0.1) is 0 Å². The van der Waals surface area contributed by atoms with Gasteiger partial charge in [-0.25, -0.2) is 4.79 Å². The highest BCUT2D eigenvalue weighted by molar-refractivity contribution is 5.92. The Morgan fingerprint density at radius 2 is 2.17 bits per heavy atom. The van der Waals surface area contributed by atoms with Crippen LogP contribution in [0.25, 0.3) is 11.3 Å². The third-order valence-electron chi connectivity index (χ3n) is 3.94. The van der Waals surface area contributed by atoms with Crippen molar-refractivity contribution in [3.8, 4) is 28.5 Å². The molecule has 24 heavy (non-hydrogen) atoms. The number of rotatable bonds is 4. The molecule has 3 rings (SSSR count). The third kappa shape index (κ3) is 2.58. The quantitative estimate of drug-likeness (QED) is 0.685. The molecule has 0 amide bonds. The van der Waals surface area contributed by atoms with Crippen LogP contribution < -0.4 is 9.47 Å². The topological polar surface area (TPSA) is 87.0 Å². The van der Waals surface area contributed by atoms with Gasteiger partial charge in [0.05, 0.1) is 25.0 Å². The van der Waals surface area contributed by atoms with Crippen LogP contribution in [0.4, 0.5) is 4.79 Å². The molecule has 0 aliphatic carbocycles. The summed E-state index contributed by atoms with van der Waals surface area (Å²) < 4.78 is 16.8. The number of aromatic nitrogens is 1. The average molecular weight is 331 g/mol. The second kappa shape index (κ2) is 6.27. The first-order valence-electron chi connectivity index (χ1n) is 7.52. The Bertz CT molecular complexity index is 808. The lowest BCUT2D eigenvalue weighted by atomic mass is 9.95. The molecule has 7 heteroatoms. The molecular weight excluding hydrogens is 314 g/mol. The van der Waals surface area contributed by atoms with Crippen molar-refractivity contribution in [2.24, 2.45) is 0 Å². The highest BCUT2D eigenvalue weighted by Gasteiger charge is 2.26. The van der Waals surface area contributed by atoms with E-state index in [2.05, 4.69) is 0 Å². The van der Waals surface area contributed by atoms with Gasteiger partial charge in [-0.3, -0.25) is 4.79 Å². The maximum absolute atomic E-state index is 11.6. The van der Waals surface area contributed by atoms with Crippen molar-refractivity contribution in [1.82, 2.24) is 4.57 Å². The van der Waals surface area contributed by atoms with Gasteiger partial charge < -0.3 is 23.9 Å². The first kappa shape index (κ1) is 15.9. The molecule has 0 radical (unpaired) electrons. The van der Waals surface area contributed by atoms with Gasteiger partial charge in [0.2, 0.25) is 0 Å². The summed E-state index contributed by atoms with van der Waals surface area (Å²) in [6, 6.07) is 3.31. The molecule has 1 aliphatic rings. The molecule has 0 saturated carbocycles. The van der Waals surface area contributed by atoms with Gasteiger partial charge in [0.1, 0.15) is 0 Å². The summed E-state index contributed by atoms with van der Waals surface area (Å²) in [6.07, 6.45) is 2.07. The van der Waals surface area contributed by atoms with Crippen molar-refractivity contribution >= 4 is 12.4 Å². The smallest absolute Gasteiger partial charge is 0.504 e. The number of fused-ring (bicyclic) bond motifs is 3. The minimum atomic E-state index is -0.860. The van der Waals surface area contributed by atoms with Gasteiger partial charge in [-0.05, 0) is 31.0 Å². The second-order valence-electron chi connectivity index (χ2n) is 5.28. The number of phenols is 1. The minimum Gasteiger partial charge on any atom is -0.504 e. The fraction of sp³-hybridized carbons (Fsp3) is 0.294. The Morgan fingerprint density at radius 1 is 1.38 bits per heavy atom. The molecule has 0 fully saturated rings. The highest BCUT2D eigenvalue weighted by Crippen LogP contribution is 2.42. The zero-order valence-electron chi connectivity index (χ0n) is 13.4. The Kier molecular flexibility index (Phi) is 4.16. The number of hydrogen-bond acceptors (Lipinski definition) is 6. The summed E-state index contributed by atoms with van der Waals surface area (Å²) in [4.78, 5) is 23.1. The maximum Gasteiger partial charge on any atom is 0.513 e. The van der Waals surface area contributed by atoms with E-state index in [9.17, 15) is 14.7 Å². The van der Waals surface area contributed by atoms with Gasteiger partial charge >= 0.3 is 6.16 Å². The number of ether oxygens (including phenoxy) is 3. The molecule has 1 aromatic heterocycles. The number of aryl methyl sites for hydroxylation is 2. The van der Waals surface area contributed by atoms with Crippen LogP contribution in [0.2, 0.25) is 0 Å². The second-order valence-corrected chi connectivity index (χ2v) is 5.28. The van der Waals surface area contributed by atoms with Crippen LogP contribution in [0.5, 0.6) is 17.2 Å². The van der Waals surface area contributed by atoms with Crippen LogP contribution in [0, 0.1) is 0 Å². The van der Waals surface area contributed by atoms with E-state index in [0.717, 1.165) is 5.56 Å². The van der Waals surface area contributed by atoms with Gasteiger partial charge in [-0.1, -0.05) is 0 Å². The lowest BCUT2D eigenvalue weighted by molar-refractivity contribution is 0.103. The normalized spacial score (nSPS) is 12.1. The monoisotopic (exact) mass is 331 g/mol. The van der Waals surface area contributed by atoms with E-state index in [0.29, 0.717) is 36.3 Å². The number of aromatic hydroxyl groups is 1. The summed E-state index contributed by atoms with van der Waals surface area (Å²) in [5, 5.41) is 10.0. The lowest BCUT2D eigenvalue weighted by Crippen LogP contribution is -2.11. The molecule has 2 aromatic rings. The highest BCUT2D eigenvalue weighted by atomic mass is 16.7. The van der Waals surface area contributed by atoms with Crippen molar-refractivity contribution in [2.45, 2.75) is 19.9 Å².